The molecule has 66 valence electrons. The standard InChI is InChI=1S/C9H9N3O/c1-6(13)8-4-3-7-5-10-12(2)9(7)11-8/h3-5H,1-2H3. The van der Waals surface area contributed by atoms with Gasteiger partial charge < -0.3 is 0 Å². The lowest BCUT2D eigenvalue weighted by Gasteiger charge is -1.96. The first-order valence-corrected chi connectivity index (χ1v) is 3.98. The highest BCUT2D eigenvalue weighted by Gasteiger charge is 2.05. The third-order valence-electron chi connectivity index (χ3n) is 1.94. The molecule has 0 spiro atoms. The molecule has 4 nitrogen and oxygen atoms in total. The number of hydrogen-bond donors (Lipinski definition) is 0. The van der Waals surface area contributed by atoms with E-state index in [-0.39, 0.29) is 5.78 Å². The summed E-state index contributed by atoms with van der Waals surface area (Å²) in [6.07, 6.45) is 1.73. The normalized spacial score (nSPS) is 10.6. The number of pyridine rings is 1. The fourth-order valence-corrected chi connectivity index (χ4v) is 1.22. The van der Waals surface area contributed by atoms with Crippen LogP contribution < -0.4 is 0 Å². The largest absolute Gasteiger partial charge is 0.293 e. The first-order chi connectivity index (χ1) is 6.18. The van der Waals surface area contributed by atoms with Crippen molar-refractivity contribution < 1.29 is 4.79 Å². The maximum Gasteiger partial charge on any atom is 0.178 e. The Labute approximate surface area is 75.2 Å². The van der Waals surface area contributed by atoms with Crippen LogP contribution in [0.2, 0.25) is 0 Å². The van der Waals surface area contributed by atoms with Crippen LogP contribution in [-0.2, 0) is 7.05 Å². The molecule has 0 fully saturated rings. The number of ketones is 1. The van der Waals surface area contributed by atoms with Gasteiger partial charge in [0.05, 0.1) is 6.20 Å². The number of nitrogens with zero attached hydrogens (tertiary/aromatic N) is 3. The molecule has 2 aromatic rings. The molecule has 0 bridgehead atoms. The molecule has 0 atom stereocenters. The highest BCUT2D eigenvalue weighted by atomic mass is 16.1. The molecule has 0 N–H and O–H groups in total. The summed E-state index contributed by atoms with van der Waals surface area (Å²) in [6.45, 7) is 1.50. The molecule has 4 heteroatoms. The second kappa shape index (κ2) is 2.65. The molecule has 0 unspecified atom stereocenters. The number of hydrogen-bond acceptors (Lipinski definition) is 3. The summed E-state index contributed by atoms with van der Waals surface area (Å²) in [5, 5.41) is 4.99. The van der Waals surface area contributed by atoms with Crippen molar-refractivity contribution in [2.75, 3.05) is 0 Å². The molecule has 0 aliphatic heterocycles. The predicted molar refractivity (Wildman–Crippen MR) is 48.5 cm³/mol. The van der Waals surface area contributed by atoms with Gasteiger partial charge in [-0.05, 0) is 12.1 Å². The Morgan fingerprint density at radius 3 is 2.92 bits per heavy atom. The summed E-state index contributed by atoms with van der Waals surface area (Å²) >= 11 is 0. The molecule has 13 heavy (non-hydrogen) atoms. The fraction of sp³-hybridized carbons (Fsp3) is 0.222. The van der Waals surface area contributed by atoms with Crippen molar-refractivity contribution in [1.29, 1.82) is 0 Å². The average Bonchev–Trinajstić information content (AvgIpc) is 2.47. The number of fused-ring (bicyclic) bond motifs is 1. The van der Waals surface area contributed by atoms with Gasteiger partial charge in [-0.15, -0.1) is 0 Å². The Balaban J connectivity index is 2.72. The van der Waals surface area contributed by atoms with Gasteiger partial charge in [-0.1, -0.05) is 0 Å². The van der Waals surface area contributed by atoms with Crippen LogP contribution in [-0.4, -0.2) is 20.5 Å². The molecule has 0 saturated heterocycles. The molecule has 2 aromatic heterocycles. The summed E-state index contributed by atoms with van der Waals surface area (Å²) in [5.74, 6) is -0.0249. The van der Waals surface area contributed by atoms with Crippen LogP contribution in [0.15, 0.2) is 18.3 Å². The van der Waals surface area contributed by atoms with Crippen molar-refractivity contribution in [3.63, 3.8) is 0 Å². The van der Waals surface area contributed by atoms with Gasteiger partial charge in [0.15, 0.2) is 11.4 Å². The lowest BCUT2D eigenvalue weighted by molar-refractivity contribution is 0.101. The van der Waals surface area contributed by atoms with E-state index in [1.54, 1.807) is 24.0 Å². The number of carbonyl (C=O) groups excluding carboxylic acids is 1. The van der Waals surface area contributed by atoms with Crippen molar-refractivity contribution in [2.24, 2.45) is 7.05 Å². The van der Waals surface area contributed by atoms with E-state index in [2.05, 4.69) is 10.1 Å². The van der Waals surface area contributed by atoms with Crippen molar-refractivity contribution >= 4 is 16.8 Å². The molecule has 0 aromatic carbocycles. The van der Waals surface area contributed by atoms with Gasteiger partial charge in [0, 0.05) is 19.4 Å². The predicted octanol–water partition coefficient (Wildman–Crippen LogP) is 1.17. The third kappa shape index (κ3) is 1.20. The van der Waals surface area contributed by atoms with E-state index in [0.717, 1.165) is 11.0 Å². The summed E-state index contributed by atoms with van der Waals surface area (Å²) < 4.78 is 1.65. The summed E-state index contributed by atoms with van der Waals surface area (Å²) in [7, 11) is 1.80. The van der Waals surface area contributed by atoms with E-state index in [4.69, 9.17) is 0 Å². The first-order valence-electron chi connectivity index (χ1n) is 3.98. The van der Waals surface area contributed by atoms with E-state index in [1.807, 2.05) is 6.07 Å². The lowest BCUT2D eigenvalue weighted by Crippen LogP contribution is -1.99. The Hall–Kier alpha value is -1.71. The molecule has 0 aliphatic rings. The molecule has 0 saturated carbocycles. The van der Waals surface area contributed by atoms with Crippen LogP contribution >= 0.6 is 0 Å². The lowest BCUT2D eigenvalue weighted by atomic mass is 10.2. The summed E-state index contributed by atoms with van der Waals surface area (Å²) in [4.78, 5) is 15.2. The van der Waals surface area contributed by atoms with Crippen molar-refractivity contribution in [1.82, 2.24) is 14.8 Å². The van der Waals surface area contributed by atoms with Crippen LogP contribution in [0, 0.1) is 0 Å². The molecule has 2 heterocycles. The maximum absolute atomic E-state index is 11.0. The minimum Gasteiger partial charge on any atom is -0.293 e. The van der Waals surface area contributed by atoms with Crippen LogP contribution in [0.1, 0.15) is 17.4 Å². The number of aryl methyl sites for hydroxylation is 1. The van der Waals surface area contributed by atoms with Gasteiger partial charge in [0.1, 0.15) is 5.69 Å². The van der Waals surface area contributed by atoms with Crippen molar-refractivity contribution in [3.05, 3.63) is 24.0 Å². The minimum atomic E-state index is -0.0249. The van der Waals surface area contributed by atoms with Crippen LogP contribution in [0.5, 0.6) is 0 Å². The van der Waals surface area contributed by atoms with E-state index in [0.29, 0.717) is 5.69 Å². The highest BCUT2D eigenvalue weighted by molar-refractivity contribution is 5.94. The van der Waals surface area contributed by atoms with Crippen molar-refractivity contribution in [3.8, 4) is 0 Å². The molecule has 0 aliphatic carbocycles. The van der Waals surface area contributed by atoms with Crippen LogP contribution in [0.3, 0.4) is 0 Å². The second-order valence-corrected chi connectivity index (χ2v) is 2.93. The van der Waals surface area contributed by atoms with Gasteiger partial charge in [-0.3, -0.25) is 9.48 Å². The van der Waals surface area contributed by atoms with Gasteiger partial charge in [0.2, 0.25) is 0 Å². The van der Waals surface area contributed by atoms with Crippen molar-refractivity contribution in [2.45, 2.75) is 6.92 Å². The first kappa shape index (κ1) is 7.91. The summed E-state index contributed by atoms with van der Waals surface area (Å²) in [6, 6.07) is 3.57. The zero-order chi connectivity index (χ0) is 9.42. The van der Waals surface area contributed by atoms with Gasteiger partial charge in [-0.25, -0.2) is 4.98 Å². The molecular weight excluding hydrogens is 166 g/mol. The van der Waals surface area contributed by atoms with Crippen LogP contribution in [0.25, 0.3) is 11.0 Å². The molecule has 0 radical (unpaired) electrons. The Kier molecular flexibility index (Phi) is 1.62. The molecular formula is C9H9N3O. The SMILES string of the molecule is CC(=O)c1ccc2cnn(C)c2n1. The number of carbonyl (C=O) groups is 1. The Bertz CT molecular complexity index is 473. The number of aromatic nitrogens is 3. The number of Topliss-reactive ketones (excluding diaryl/α,β-unsaturated/α-hetero) is 1. The number of rotatable bonds is 1. The Morgan fingerprint density at radius 1 is 1.46 bits per heavy atom. The average molecular weight is 175 g/mol. The molecule has 0 amide bonds. The van der Waals surface area contributed by atoms with Crippen LogP contribution in [0.4, 0.5) is 0 Å². The maximum atomic E-state index is 11.0. The quantitative estimate of drug-likeness (QED) is 0.611. The van der Waals surface area contributed by atoms with Gasteiger partial charge in [0.25, 0.3) is 0 Å². The molecule has 2 rings (SSSR count). The van der Waals surface area contributed by atoms with E-state index >= 15 is 0 Å². The minimum absolute atomic E-state index is 0.0249. The van der Waals surface area contributed by atoms with E-state index in [1.165, 1.54) is 6.92 Å². The summed E-state index contributed by atoms with van der Waals surface area (Å²) in [5.41, 5.74) is 1.23. The van der Waals surface area contributed by atoms with E-state index < -0.39 is 0 Å². The monoisotopic (exact) mass is 175 g/mol. The van der Waals surface area contributed by atoms with Gasteiger partial charge in [-0.2, -0.15) is 5.10 Å². The second-order valence-electron chi connectivity index (χ2n) is 2.93. The zero-order valence-electron chi connectivity index (χ0n) is 7.48. The van der Waals surface area contributed by atoms with E-state index in [9.17, 15) is 4.79 Å². The topological polar surface area (TPSA) is 47.8 Å². The smallest absolute Gasteiger partial charge is 0.178 e. The van der Waals surface area contributed by atoms with Gasteiger partial charge >= 0.3 is 0 Å². The zero-order valence-corrected chi connectivity index (χ0v) is 7.48. The fourth-order valence-electron chi connectivity index (χ4n) is 1.22. The third-order valence-corrected chi connectivity index (χ3v) is 1.94. The Morgan fingerprint density at radius 2 is 2.23 bits per heavy atom. The highest BCUT2D eigenvalue weighted by Crippen LogP contribution is 2.10.